The first-order chi connectivity index (χ1) is 5.84. The highest BCUT2D eigenvalue weighted by Crippen LogP contribution is 1.94. The molecule has 3 heteroatoms. The summed E-state index contributed by atoms with van der Waals surface area (Å²) in [5, 5.41) is 0. The second-order valence-electron chi connectivity index (χ2n) is 2.15. The normalized spacial score (nSPS) is 10.8. The van der Waals surface area contributed by atoms with Gasteiger partial charge in [-0.1, -0.05) is 5.92 Å². The van der Waals surface area contributed by atoms with Crippen LogP contribution < -0.4 is 5.73 Å². The van der Waals surface area contributed by atoms with Crippen LogP contribution in [0, 0.1) is 12.3 Å². The van der Waals surface area contributed by atoms with Crippen LogP contribution in [0.1, 0.15) is 5.56 Å². The van der Waals surface area contributed by atoms with Crippen LogP contribution in [0.25, 0.3) is 0 Å². The zero-order chi connectivity index (χ0) is 8.81. The molecular formula is C9H9N3. The molecule has 0 aliphatic carbocycles. The summed E-state index contributed by atoms with van der Waals surface area (Å²) >= 11 is 0. The summed E-state index contributed by atoms with van der Waals surface area (Å²) in [7, 11) is 0. The molecule has 0 aliphatic heterocycles. The maximum absolute atomic E-state index is 5.60. The van der Waals surface area contributed by atoms with Gasteiger partial charge in [0.15, 0.2) is 0 Å². The second-order valence-corrected chi connectivity index (χ2v) is 2.15. The predicted molar refractivity (Wildman–Crippen MR) is 48.7 cm³/mol. The van der Waals surface area contributed by atoms with Crippen LogP contribution in [-0.4, -0.2) is 17.4 Å². The van der Waals surface area contributed by atoms with E-state index in [0.29, 0.717) is 12.4 Å². The van der Waals surface area contributed by atoms with Crippen LogP contribution in [-0.2, 0) is 0 Å². The molecule has 0 atom stereocenters. The average molecular weight is 159 g/mol. The third-order valence-corrected chi connectivity index (χ3v) is 1.30. The second kappa shape index (κ2) is 4.14. The van der Waals surface area contributed by atoms with Crippen LogP contribution in [0.2, 0.25) is 0 Å². The maximum Gasteiger partial charge on any atom is 0.128 e. The monoisotopic (exact) mass is 159 g/mol. The molecule has 0 amide bonds. The third-order valence-electron chi connectivity index (χ3n) is 1.30. The first kappa shape index (κ1) is 8.28. The van der Waals surface area contributed by atoms with Gasteiger partial charge in [0.25, 0.3) is 0 Å². The summed E-state index contributed by atoms with van der Waals surface area (Å²) in [6.07, 6.45) is 8.35. The number of hydrogen-bond acceptors (Lipinski definition) is 2. The Morgan fingerprint density at radius 1 is 1.75 bits per heavy atom. The molecule has 0 saturated carbocycles. The molecule has 1 heterocycles. The number of aromatic nitrogens is 1. The quantitative estimate of drug-likeness (QED) is 0.386. The van der Waals surface area contributed by atoms with E-state index in [2.05, 4.69) is 15.9 Å². The molecule has 60 valence electrons. The van der Waals surface area contributed by atoms with E-state index in [4.69, 9.17) is 12.2 Å². The van der Waals surface area contributed by atoms with Crippen LogP contribution in [0.15, 0.2) is 29.5 Å². The lowest BCUT2D eigenvalue weighted by Crippen LogP contribution is -2.13. The van der Waals surface area contributed by atoms with E-state index in [1.54, 1.807) is 18.5 Å². The van der Waals surface area contributed by atoms with Crippen molar-refractivity contribution in [2.24, 2.45) is 10.7 Å². The minimum absolute atomic E-state index is 0.306. The number of pyridine rings is 1. The van der Waals surface area contributed by atoms with Crippen molar-refractivity contribution in [3.05, 3.63) is 30.1 Å². The molecule has 12 heavy (non-hydrogen) atoms. The lowest BCUT2D eigenvalue weighted by Gasteiger charge is -1.96. The Bertz CT molecular complexity index is 308. The number of rotatable bonds is 2. The minimum atomic E-state index is 0.306. The molecule has 0 aromatic carbocycles. The Morgan fingerprint density at radius 2 is 2.58 bits per heavy atom. The van der Waals surface area contributed by atoms with Gasteiger partial charge in [-0.2, -0.15) is 0 Å². The summed E-state index contributed by atoms with van der Waals surface area (Å²) in [5.74, 6) is 2.81. The average Bonchev–Trinajstić information content (AvgIpc) is 2.15. The van der Waals surface area contributed by atoms with Crippen molar-refractivity contribution in [1.29, 1.82) is 0 Å². The molecule has 0 saturated heterocycles. The molecule has 0 radical (unpaired) electrons. The van der Waals surface area contributed by atoms with E-state index in [1.165, 1.54) is 0 Å². The fourth-order valence-electron chi connectivity index (χ4n) is 0.736. The van der Waals surface area contributed by atoms with Crippen molar-refractivity contribution in [3.8, 4) is 12.3 Å². The number of aliphatic imine (C=N–C) groups is 1. The standard InChI is InChI=1S/C9H9N3/c1-2-5-12-9(10)8-4-3-6-11-7-8/h1,3-4,6-7H,5H2,(H2,10,12). The van der Waals surface area contributed by atoms with Crippen molar-refractivity contribution in [3.63, 3.8) is 0 Å². The zero-order valence-electron chi connectivity index (χ0n) is 6.57. The van der Waals surface area contributed by atoms with E-state index >= 15 is 0 Å². The van der Waals surface area contributed by atoms with E-state index in [1.807, 2.05) is 6.07 Å². The fourth-order valence-corrected chi connectivity index (χ4v) is 0.736. The topological polar surface area (TPSA) is 51.3 Å². The highest BCUT2D eigenvalue weighted by molar-refractivity contribution is 5.97. The van der Waals surface area contributed by atoms with Gasteiger partial charge < -0.3 is 5.73 Å². The molecule has 0 spiro atoms. The molecule has 3 nitrogen and oxygen atoms in total. The molecule has 1 aromatic rings. The van der Waals surface area contributed by atoms with Crippen LogP contribution in [0.5, 0.6) is 0 Å². The molecule has 1 aromatic heterocycles. The summed E-state index contributed by atoms with van der Waals surface area (Å²) < 4.78 is 0. The molecule has 0 aliphatic rings. The van der Waals surface area contributed by atoms with E-state index in [-0.39, 0.29) is 0 Å². The van der Waals surface area contributed by atoms with Gasteiger partial charge in [-0.05, 0) is 12.1 Å². The van der Waals surface area contributed by atoms with E-state index in [9.17, 15) is 0 Å². The van der Waals surface area contributed by atoms with E-state index < -0.39 is 0 Å². The predicted octanol–water partition coefficient (Wildman–Crippen LogP) is 0.420. The first-order valence-electron chi connectivity index (χ1n) is 3.48. The number of nitrogens with zero attached hydrogens (tertiary/aromatic N) is 2. The molecule has 0 unspecified atom stereocenters. The first-order valence-corrected chi connectivity index (χ1v) is 3.48. The van der Waals surface area contributed by atoms with Gasteiger partial charge in [0.2, 0.25) is 0 Å². The van der Waals surface area contributed by atoms with Gasteiger partial charge in [-0.25, -0.2) is 0 Å². The number of terminal acetylenes is 1. The fraction of sp³-hybridized carbons (Fsp3) is 0.111. The Balaban J connectivity index is 2.79. The lowest BCUT2D eigenvalue weighted by molar-refractivity contribution is 1.25. The van der Waals surface area contributed by atoms with Crippen molar-refractivity contribution in [2.45, 2.75) is 0 Å². The highest BCUT2D eigenvalue weighted by atomic mass is 14.8. The number of amidine groups is 1. The van der Waals surface area contributed by atoms with Crippen molar-refractivity contribution in [2.75, 3.05) is 6.54 Å². The molecule has 0 fully saturated rings. The summed E-state index contributed by atoms with van der Waals surface area (Å²) in [6, 6.07) is 3.63. The van der Waals surface area contributed by atoms with Crippen LogP contribution >= 0.6 is 0 Å². The molecule has 0 bridgehead atoms. The Hall–Kier alpha value is -1.82. The molecule has 1 rings (SSSR count). The maximum atomic E-state index is 5.60. The Morgan fingerprint density at radius 3 is 3.17 bits per heavy atom. The van der Waals surface area contributed by atoms with E-state index in [0.717, 1.165) is 5.56 Å². The van der Waals surface area contributed by atoms with Gasteiger partial charge >= 0.3 is 0 Å². The van der Waals surface area contributed by atoms with Crippen LogP contribution in [0.4, 0.5) is 0 Å². The van der Waals surface area contributed by atoms with Gasteiger partial charge in [0.05, 0.1) is 0 Å². The highest BCUT2D eigenvalue weighted by Gasteiger charge is 1.94. The third kappa shape index (κ3) is 2.10. The lowest BCUT2D eigenvalue weighted by atomic mass is 10.3. The zero-order valence-corrected chi connectivity index (χ0v) is 6.57. The van der Waals surface area contributed by atoms with Crippen molar-refractivity contribution in [1.82, 2.24) is 4.98 Å². The summed E-state index contributed by atoms with van der Waals surface area (Å²) in [6.45, 7) is 0.306. The Labute approximate surface area is 71.3 Å². The van der Waals surface area contributed by atoms with Gasteiger partial charge in [0, 0.05) is 18.0 Å². The van der Waals surface area contributed by atoms with Gasteiger partial charge in [-0.15, -0.1) is 6.42 Å². The number of nitrogens with two attached hydrogens (primary N) is 1. The van der Waals surface area contributed by atoms with Crippen LogP contribution in [0.3, 0.4) is 0 Å². The van der Waals surface area contributed by atoms with Gasteiger partial charge in [-0.3, -0.25) is 9.98 Å². The van der Waals surface area contributed by atoms with Gasteiger partial charge in [0.1, 0.15) is 12.4 Å². The number of hydrogen-bond donors (Lipinski definition) is 1. The van der Waals surface area contributed by atoms with Crippen molar-refractivity contribution >= 4 is 5.84 Å². The minimum Gasteiger partial charge on any atom is -0.383 e. The molecular weight excluding hydrogens is 150 g/mol. The smallest absolute Gasteiger partial charge is 0.128 e. The molecule has 2 N–H and O–H groups in total. The van der Waals surface area contributed by atoms with Crippen molar-refractivity contribution < 1.29 is 0 Å². The summed E-state index contributed by atoms with van der Waals surface area (Å²) in [5.41, 5.74) is 6.39. The Kier molecular flexibility index (Phi) is 2.86. The largest absolute Gasteiger partial charge is 0.383 e. The summed E-state index contributed by atoms with van der Waals surface area (Å²) in [4.78, 5) is 7.83. The SMILES string of the molecule is C#CCN=C(N)c1cccnc1.